The number of rotatable bonds is 4. The lowest BCUT2D eigenvalue weighted by Crippen LogP contribution is -2.35. The van der Waals surface area contributed by atoms with Crippen LogP contribution in [0.4, 0.5) is 5.69 Å². The van der Waals surface area contributed by atoms with Crippen LogP contribution >= 0.6 is 0 Å². The molecular weight excluding hydrogens is 326 g/mol. The number of carboxylic acids is 1. The summed E-state index contributed by atoms with van der Waals surface area (Å²) in [5, 5.41) is 15.9. The number of aromatic nitrogens is 4. The zero-order valence-electron chi connectivity index (χ0n) is 13.9. The molecule has 3 aromatic rings. The van der Waals surface area contributed by atoms with Crippen molar-refractivity contribution in [3.05, 3.63) is 46.6 Å². The first-order valence-corrected chi connectivity index (χ1v) is 7.49. The highest BCUT2D eigenvalue weighted by atomic mass is 16.4. The van der Waals surface area contributed by atoms with Crippen LogP contribution in [0.3, 0.4) is 0 Å². The van der Waals surface area contributed by atoms with Gasteiger partial charge in [0.1, 0.15) is 0 Å². The van der Waals surface area contributed by atoms with E-state index in [1.165, 1.54) is 35.5 Å². The molecule has 1 amide bonds. The zero-order chi connectivity index (χ0) is 18.4. The number of hydrogen-bond acceptors (Lipinski definition) is 4. The second-order valence-corrected chi connectivity index (χ2v) is 6.21. The van der Waals surface area contributed by atoms with Crippen molar-refractivity contribution in [3.63, 3.8) is 0 Å². The van der Waals surface area contributed by atoms with Crippen molar-refractivity contribution < 1.29 is 14.7 Å². The van der Waals surface area contributed by atoms with Gasteiger partial charge < -0.3 is 15.4 Å². The smallest absolute Gasteiger partial charge is 0.331 e. The van der Waals surface area contributed by atoms with Crippen molar-refractivity contribution in [2.45, 2.75) is 19.4 Å². The SMILES string of the molecule is Cn1c(=O)[nH]c2ccc(C(=O)Nc3cnn(C(C)(C)C(=O)O)c3)cc21. The summed E-state index contributed by atoms with van der Waals surface area (Å²) in [4.78, 5) is 38.0. The number of imidazole rings is 1. The van der Waals surface area contributed by atoms with Crippen LogP contribution < -0.4 is 11.0 Å². The maximum atomic E-state index is 12.4. The van der Waals surface area contributed by atoms with Crippen molar-refractivity contribution in [3.8, 4) is 0 Å². The minimum absolute atomic E-state index is 0.260. The van der Waals surface area contributed by atoms with Gasteiger partial charge in [-0.2, -0.15) is 5.10 Å². The molecule has 0 atom stereocenters. The van der Waals surface area contributed by atoms with Crippen molar-refractivity contribution in [1.82, 2.24) is 19.3 Å². The number of carbonyl (C=O) groups excluding carboxylic acids is 1. The fourth-order valence-electron chi connectivity index (χ4n) is 2.36. The topological polar surface area (TPSA) is 122 Å². The number of benzene rings is 1. The van der Waals surface area contributed by atoms with Gasteiger partial charge in [-0.15, -0.1) is 0 Å². The number of nitrogens with zero attached hydrogens (tertiary/aromatic N) is 3. The molecule has 2 heterocycles. The third-order valence-corrected chi connectivity index (χ3v) is 4.10. The molecule has 25 heavy (non-hydrogen) atoms. The molecule has 0 unspecified atom stereocenters. The van der Waals surface area contributed by atoms with Gasteiger partial charge in [0.15, 0.2) is 5.54 Å². The van der Waals surface area contributed by atoms with Gasteiger partial charge in [0.05, 0.1) is 22.9 Å². The van der Waals surface area contributed by atoms with Crippen LogP contribution in [0, 0.1) is 0 Å². The Kier molecular flexibility index (Phi) is 3.71. The quantitative estimate of drug-likeness (QED) is 0.655. The summed E-state index contributed by atoms with van der Waals surface area (Å²) in [5.74, 6) is -1.42. The molecule has 0 aliphatic carbocycles. The molecule has 0 aliphatic heterocycles. The van der Waals surface area contributed by atoms with E-state index in [1.807, 2.05) is 0 Å². The zero-order valence-corrected chi connectivity index (χ0v) is 13.9. The van der Waals surface area contributed by atoms with E-state index in [9.17, 15) is 19.5 Å². The Labute approximate surface area is 141 Å². The normalized spacial score (nSPS) is 11.6. The number of H-pyrrole nitrogens is 1. The van der Waals surface area contributed by atoms with Crippen LogP contribution in [0.15, 0.2) is 35.4 Å². The molecule has 0 spiro atoms. The maximum Gasteiger partial charge on any atom is 0.331 e. The Hall–Kier alpha value is -3.36. The molecule has 0 bridgehead atoms. The predicted molar refractivity (Wildman–Crippen MR) is 90.7 cm³/mol. The summed E-state index contributed by atoms with van der Waals surface area (Å²) in [6, 6.07) is 4.86. The van der Waals surface area contributed by atoms with E-state index in [1.54, 1.807) is 25.2 Å². The van der Waals surface area contributed by atoms with Gasteiger partial charge in [-0.3, -0.25) is 14.0 Å². The molecule has 1 aromatic carbocycles. The first-order chi connectivity index (χ1) is 11.7. The van der Waals surface area contributed by atoms with Crippen molar-refractivity contribution >= 4 is 28.6 Å². The average molecular weight is 343 g/mol. The summed E-state index contributed by atoms with van der Waals surface area (Å²) in [6.07, 6.45) is 2.84. The average Bonchev–Trinajstić information content (AvgIpc) is 3.13. The van der Waals surface area contributed by atoms with E-state index in [2.05, 4.69) is 15.4 Å². The largest absolute Gasteiger partial charge is 0.479 e. The number of carbonyl (C=O) groups is 2. The number of nitrogens with one attached hydrogen (secondary N) is 2. The highest BCUT2D eigenvalue weighted by Gasteiger charge is 2.30. The molecule has 9 heteroatoms. The van der Waals surface area contributed by atoms with E-state index in [0.717, 1.165) is 0 Å². The van der Waals surface area contributed by atoms with Crippen molar-refractivity contribution in [2.24, 2.45) is 7.05 Å². The minimum atomic E-state index is -1.23. The Morgan fingerprint density at radius 2 is 2.04 bits per heavy atom. The van der Waals surface area contributed by atoms with Gasteiger partial charge in [-0.05, 0) is 32.0 Å². The second-order valence-electron chi connectivity index (χ2n) is 6.21. The number of aliphatic carboxylic acids is 1. The lowest BCUT2D eigenvalue weighted by atomic mass is 10.1. The molecule has 3 rings (SSSR count). The van der Waals surface area contributed by atoms with Gasteiger partial charge in [0, 0.05) is 18.8 Å². The molecule has 130 valence electrons. The van der Waals surface area contributed by atoms with E-state index < -0.39 is 11.5 Å². The third kappa shape index (κ3) is 2.80. The predicted octanol–water partition coefficient (Wildman–Crippen LogP) is 1.14. The first kappa shape index (κ1) is 16.5. The van der Waals surface area contributed by atoms with Gasteiger partial charge in [0.2, 0.25) is 0 Å². The highest BCUT2D eigenvalue weighted by Crippen LogP contribution is 2.18. The molecule has 9 nitrogen and oxygen atoms in total. The summed E-state index contributed by atoms with van der Waals surface area (Å²) >= 11 is 0. The number of amides is 1. The van der Waals surface area contributed by atoms with Gasteiger partial charge in [-0.25, -0.2) is 9.59 Å². The number of hydrogen-bond donors (Lipinski definition) is 3. The first-order valence-electron chi connectivity index (χ1n) is 7.49. The molecular formula is C16H17N5O4. The van der Waals surface area contributed by atoms with Crippen LogP contribution in [-0.2, 0) is 17.4 Å². The lowest BCUT2D eigenvalue weighted by Gasteiger charge is -2.19. The monoisotopic (exact) mass is 343 g/mol. The van der Waals surface area contributed by atoms with E-state index in [0.29, 0.717) is 22.3 Å². The molecule has 2 aromatic heterocycles. The van der Waals surface area contributed by atoms with Crippen LogP contribution in [0.25, 0.3) is 11.0 Å². The van der Waals surface area contributed by atoms with E-state index in [4.69, 9.17) is 0 Å². The summed E-state index contributed by atoms with van der Waals surface area (Å²) < 4.78 is 2.68. The number of carboxylic acid groups (broad SMARTS) is 1. The molecule has 0 radical (unpaired) electrons. The van der Waals surface area contributed by atoms with Crippen LogP contribution in [0.5, 0.6) is 0 Å². The molecule has 0 aliphatic rings. The number of anilines is 1. The summed E-state index contributed by atoms with van der Waals surface area (Å²) in [5.41, 5.74) is 0.505. The number of aryl methyl sites for hydroxylation is 1. The standard InChI is InChI=1S/C16H17N5O4/c1-16(2,14(23)24)21-8-10(7-17-21)18-13(22)9-4-5-11-12(6-9)20(3)15(25)19-11/h4-8H,1-3H3,(H,18,22)(H,19,25)(H,23,24). The molecule has 0 saturated carbocycles. The number of aromatic amines is 1. The Balaban J connectivity index is 1.86. The third-order valence-electron chi connectivity index (χ3n) is 4.10. The van der Waals surface area contributed by atoms with Crippen molar-refractivity contribution in [2.75, 3.05) is 5.32 Å². The highest BCUT2D eigenvalue weighted by molar-refractivity contribution is 6.05. The maximum absolute atomic E-state index is 12.4. The van der Waals surface area contributed by atoms with Crippen molar-refractivity contribution in [1.29, 1.82) is 0 Å². The summed E-state index contributed by atoms with van der Waals surface area (Å²) in [6.45, 7) is 3.02. The van der Waals surface area contributed by atoms with Gasteiger partial charge in [0.25, 0.3) is 5.91 Å². The Morgan fingerprint density at radius 3 is 2.72 bits per heavy atom. The minimum Gasteiger partial charge on any atom is -0.479 e. The fourth-order valence-corrected chi connectivity index (χ4v) is 2.36. The second kappa shape index (κ2) is 5.62. The summed E-state index contributed by atoms with van der Waals surface area (Å²) in [7, 11) is 1.61. The van der Waals surface area contributed by atoms with E-state index in [-0.39, 0.29) is 11.6 Å². The molecule has 0 fully saturated rings. The molecule has 0 saturated heterocycles. The van der Waals surface area contributed by atoms with Crippen LogP contribution in [0.1, 0.15) is 24.2 Å². The Morgan fingerprint density at radius 1 is 1.32 bits per heavy atom. The van der Waals surface area contributed by atoms with Crippen LogP contribution in [0.2, 0.25) is 0 Å². The number of fused-ring (bicyclic) bond motifs is 1. The fraction of sp³-hybridized carbons (Fsp3) is 0.250. The Bertz CT molecular complexity index is 1040. The molecule has 3 N–H and O–H groups in total. The van der Waals surface area contributed by atoms with E-state index >= 15 is 0 Å². The lowest BCUT2D eigenvalue weighted by molar-refractivity contribution is -0.146. The van der Waals surface area contributed by atoms with Gasteiger partial charge >= 0.3 is 11.7 Å². The van der Waals surface area contributed by atoms with Crippen LogP contribution in [-0.4, -0.2) is 36.3 Å². The van der Waals surface area contributed by atoms with Gasteiger partial charge in [-0.1, -0.05) is 0 Å².